The molecule has 0 radical (unpaired) electrons. The molecule has 0 spiro atoms. The van der Waals surface area contributed by atoms with Gasteiger partial charge in [0.15, 0.2) is 18.1 Å². The largest absolute Gasteiger partial charge is 0.490 e. The van der Waals surface area contributed by atoms with Crippen LogP contribution in [0, 0.1) is 0 Å². The maximum absolute atomic E-state index is 13.3. The van der Waals surface area contributed by atoms with Gasteiger partial charge in [0.05, 0.1) is 34.8 Å². The van der Waals surface area contributed by atoms with E-state index in [2.05, 4.69) is 59.8 Å². The number of fused-ring (bicyclic) bond motifs is 1. The second-order valence-electron chi connectivity index (χ2n) is 7.60. The van der Waals surface area contributed by atoms with Gasteiger partial charge < -0.3 is 14.2 Å². The van der Waals surface area contributed by atoms with Crippen LogP contribution in [0.5, 0.6) is 11.5 Å². The number of halogens is 3. The van der Waals surface area contributed by atoms with Crippen molar-refractivity contribution in [1.82, 2.24) is 9.66 Å². The van der Waals surface area contributed by atoms with Gasteiger partial charge in [-0.05, 0) is 76.4 Å². The Morgan fingerprint density at radius 3 is 2.56 bits per heavy atom. The highest BCUT2D eigenvalue weighted by Gasteiger charge is 2.19. The Morgan fingerprint density at radius 1 is 1.08 bits per heavy atom. The first-order valence-electron chi connectivity index (χ1n) is 11.5. The van der Waals surface area contributed by atoms with Gasteiger partial charge in [0.1, 0.15) is 5.82 Å². The maximum Gasteiger partial charge on any atom is 0.344 e. The number of rotatable bonds is 11. The Morgan fingerprint density at radius 2 is 1.86 bits per heavy atom. The minimum Gasteiger partial charge on any atom is -0.490 e. The number of aryl methyl sites for hydroxylation is 1. The van der Waals surface area contributed by atoms with Crippen LogP contribution in [0.4, 0.5) is 0 Å². The average molecular weight is 688 g/mol. The number of carbonyl (C=O) groups excluding carboxylic acids is 1. The van der Waals surface area contributed by atoms with Gasteiger partial charge >= 0.3 is 5.97 Å². The van der Waals surface area contributed by atoms with Crippen molar-refractivity contribution in [3.05, 3.63) is 59.4 Å². The summed E-state index contributed by atoms with van der Waals surface area (Å²) in [7, 11) is 0. The van der Waals surface area contributed by atoms with Crippen LogP contribution in [0.3, 0.4) is 0 Å². The van der Waals surface area contributed by atoms with Crippen LogP contribution in [0.1, 0.15) is 45.0 Å². The van der Waals surface area contributed by atoms with E-state index in [1.807, 2.05) is 19.1 Å². The van der Waals surface area contributed by atoms with Gasteiger partial charge in [-0.2, -0.15) is 9.78 Å². The van der Waals surface area contributed by atoms with Gasteiger partial charge in [0, 0.05) is 20.9 Å². The van der Waals surface area contributed by atoms with Gasteiger partial charge in [-0.25, -0.2) is 9.78 Å². The predicted octanol–water partition coefficient (Wildman–Crippen LogP) is 6.25. The van der Waals surface area contributed by atoms with Crippen LogP contribution in [0.25, 0.3) is 10.9 Å². The van der Waals surface area contributed by atoms with E-state index in [4.69, 9.17) is 19.2 Å². The minimum atomic E-state index is -0.483. The molecule has 2 aromatic carbocycles. The summed E-state index contributed by atoms with van der Waals surface area (Å²) in [5.74, 6) is 0.870. The molecule has 0 unspecified atom stereocenters. The van der Waals surface area contributed by atoms with E-state index < -0.39 is 5.97 Å². The van der Waals surface area contributed by atoms with E-state index in [0.717, 1.165) is 17.3 Å². The molecule has 3 rings (SSSR count). The van der Waals surface area contributed by atoms with Crippen molar-refractivity contribution >= 4 is 70.9 Å². The molecule has 36 heavy (non-hydrogen) atoms. The molecule has 3 aromatic rings. The lowest BCUT2D eigenvalue weighted by Gasteiger charge is -2.16. The maximum atomic E-state index is 13.3. The monoisotopic (exact) mass is 685 g/mol. The highest BCUT2D eigenvalue weighted by molar-refractivity contribution is 9.13. The molecule has 192 valence electrons. The molecule has 11 heteroatoms. The number of aromatic nitrogens is 2. The van der Waals surface area contributed by atoms with Crippen LogP contribution in [0.2, 0.25) is 0 Å². The number of carbonyl (C=O) groups is 1. The number of benzene rings is 2. The molecule has 0 fully saturated rings. The lowest BCUT2D eigenvalue weighted by molar-refractivity contribution is -0.145. The summed E-state index contributed by atoms with van der Waals surface area (Å²) >= 11 is 10.5. The molecular formula is C25H26Br3N3O5. The Kier molecular flexibility index (Phi) is 10.5. The number of hydrogen-bond donors (Lipinski definition) is 0. The quantitative estimate of drug-likeness (QED) is 0.175. The Labute approximate surface area is 234 Å². The summed E-state index contributed by atoms with van der Waals surface area (Å²) in [5, 5.41) is 4.99. The Balaban J connectivity index is 2.06. The molecule has 0 N–H and O–H groups in total. The molecular weight excluding hydrogens is 662 g/mol. The summed E-state index contributed by atoms with van der Waals surface area (Å²) in [6.45, 7) is 6.04. The standard InChI is InChI=1S/C25H26Br3N3O5/c1-4-7-8-20-30-18-10-9-16(26)12-17(18)25(33)31(20)29-13-15-11-19(34-5-2)24(23(28)22(15)27)36-14-21(32)35-6-3/h9-13H,4-8,14H2,1-3H3. The van der Waals surface area contributed by atoms with E-state index in [1.165, 1.54) is 4.68 Å². The first-order valence-corrected chi connectivity index (χ1v) is 13.9. The van der Waals surface area contributed by atoms with Gasteiger partial charge in [0.25, 0.3) is 5.56 Å². The topological polar surface area (TPSA) is 92.0 Å². The van der Waals surface area contributed by atoms with Crippen molar-refractivity contribution in [1.29, 1.82) is 0 Å². The van der Waals surface area contributed by atoms with Crippen LogP contribution < -0.4 is 15.0 Å². The molecule has 0 aliphatic carbocycles. The zero-order valence-electron chi connectivity index (χ0n) is 20.1. The first-order chi connectivity index (χ1) is 17.3. The number of hydrogen-bond acceptors (Lipinski definition) is 7. The van der Waals surface area contributed by atoms with Crippen molar-refractivity contribution in [3.8, 4) is 11.5 Å². The third-order valence-electron chi connectivity index (χ3n) is 5.04. The molecule has 0 bridgehead atoms. The molecule has 0 saturated carbocycles. The van der Waals surface area contributed by atoms with Gasteiger partial charge in [-0.1, -0.05) is 29.3 Å². The molecule has 0 saturated heterocycles. The third kappa shape index (κ3) is 6.74. The highest BCUT2D eigenvalue weighted by Crippen LogP contribution is 2.42. The lowest BCUT2D eigenvalue weighted by atomic mass is 10.2. The Hall–Kier alpha value is -2.24. The van der Waals surface area contributed by atoms with E-state index in [-0.39, 0.29) is 18.8 Å². The zero-order valence-corrected chi connectivity index (χ0v) is 24.9. The smallest absolute Gasteiger partial charge is 0.344 e. The number of ether oxygens (including phenoxy) is 3. The van der Waals surface area contributed by atoms with E-state index in [1.54, 1.807) is 25.3 Å². The van der Waals surface area contributed by atoms with Crippen molar-refractivity contribution in [2.24, 2.45) is 5.10 Å². The van der Waals surface area contributed by atoms with Gasteiger partial charge in [0.2, 0.25) is 0 Å². The number of unbranched alkanes of at least 4 members (excludes halogenated alkanes) is 1. The van der Waals surface area contributed by atoms with E-state index in [0.29, 0.717) is 55.8 Å². The molecule has 1 heterocycles. The first kappa shape index (κ1) is 28.3. The zero-order chi connectivity index (χ0) is 26.2. The fourth-order valence-corrected chi connectivity index (χ4v) is 4.66. The molecule has 0 atom stereocenters. The SMILES string of the molecule is CCCCc1nc2ccc(Br)cc2c(=O)n1N=Cc1cc(OCC)c(OCC(=O)OCC)c(Br)c1Br. The number of nitrogens with zero attached hydrogens (tertiary/aromatic N) is 3. The van der Waals surface area contributed by atoms with Crippen molar-refractivity contribution < 1.29 is 19.0 Å². The lowest BCUT2D eigenvalue weighted by Crippen LogP contribution is -2.22. The van der Waals surface area contributed by atoms with Crippen LogP contribution >= 0.6 is 47.8 Å². The molecule has 8 nitrogen and oxygen atoms in total. The summed E-state index contributed by atoms with van der Waals surface area (Å²) in [5.41, 5.74) is 1.01. The highest BCUT2D eigenvalue weighted by atomic mass is 79.9. The average Bonchev–Trinajstić information content (AvgIpc) is 2.85. The normalized spacial score (nSPS) is 11.3. The molecule has 0 aliphatic heterocycles. The second-order valence-corrected chi connectivity index (χ2v) is 10.1. The molecule has 0 aliphatic rings. The fraction of sp³-hybridized carbons (Fsp3) is 0.360. The van der Waals surface area contributed by atoms with E-state index >= 15 is 0 Å². The predicted molar refractivity (Wildman–Crippen MR) is 150 cm³/mol. The molecule has 1 aromatic heterocycles. The van der Waals surface area contributed by atoms with Crippen LogP contribution in [0.15, 0.2) is 47.6 Å². The van der Waals surface area contributed by atoms with Gasteiger partial charge in [-0.15, -0.1) is 0 Å². The van der Waals surface area contributed by atoms with Crippen molar-refractivity contribution in [2.45, 2.75) is 40.0 Å². The second kappa shape index (κ2) is 13.3. The minimum absolute atomic E-state index is 0.252. The summed E-state index contributed by atoms with van der Waals surface area (Å²) in [4.78, 5) is 29.8. The third-order valence-corrected chi connectivity index (χ3v) is 7.67. The van der Waals surface area contributed by atoms with Crippen molar-refractivity contribution in [3.63, 3.8) is 0 Å². The van der Waals surface area contributed by atoms with Crippen LogP contribution in [-0.2, 0) is 16.0 Å². The van der Waals surface area contributed by atoms with Crippen molar-refractivity contribution in [2.75, 3.05) is 19.8 Å². The van der Waals surface area contributed by atoms with E-state index in [9.17, 15) is 9.59 Å². The van der Waals surface area contributed by atoms with Crippen LogP contribution in [-0.4, -0.2) is 41.7 Å². The summed E-state index contributed by atoms with van der Waals surface area (Å²) in [6.07, 6.45) is 4.02. The summed E-state index contributed by atoms with van der Waals surface area (Å²) < 4.78 is 19.7. The fourth-order valence-electron chi connectivity index (χ4n) is 3.36. The molecule has 0 amide bonds. The van der Waals surface area contributed by atoms with Gasteiger partial charge in [-0.3, -0.25) is 4.79 Å². The summed E-state index contributed by atoms with van der Waals surface area (Å²) in [6, 6.07) is 7.16. The number of esters is 1. The Bertz CT molecular complexity index is 1340.